The first-order valence-corrected chi connectivity index (χ1v) is 9.07. The first kappa shape index (κ1) is 18.7. The van der Waals surface area contributed by atoms with Crippen molar-refractivity contribution in [1.82, 2.24) is 0 Å². The summed E-state index contributed by atoms with van der Waals surface area (Å²) in [6.07, 6.45) is 0. The third-order valence-corrected chi connectivity index (χ3v) is 4.83. The van der Waals surface area contributed by atoms with E-state index in [1.807, 2.05) is 19.9 Å². The minimum absolute atomic E-state index is 0.109. The number of amides is 1. The molecule has 0 saturated heterocycles. The highest BCUT2D eigenvalue weighted by Crippen LogP contribution is 2.25. The molecule has 1 heterocycles. The van der Waals surface area contributed by atoms with Gasteiger partial charge in [0, 0.05) is 11.8 Å². The van der Waals surface area contributed by atoms with Crippen LogP contribution in [0.2, 0.25) is 0 Å². The second kappa shape index (κ2) is 7.39. The molecule has 0 bridgehead atoms. The van der Waals surface area contributed by atoms with Crippen LogP contribution < -0.4 is 15.5 Å². The van der Waals surface area contributed by atoms with Crippen LogP contribution in [0.5, 0.6) is 5.75 Å². The number of aryl methyl sites for hydroxylation is 2. The fourth-order valence-electron chi connectivity index (χ4n) is 3.10. The summed E-state index contributed by atoms with van der Waals surface area (Å²) in [4.78, 5) is 24.9. The second-order valence-corrected chi connectivity index (χ2v) is 6.82. The van der Waals surface area contributed by atoms with E-state index >= 15 is 0 Å². The summed E-state index contributed by atoms with van der Waals surface area (Å²) in [5, 5.41) is 3.69. The number of carbonyl (C=O) groups is 1. The van der Waals surface area contributed by atoms with Crippen LogP contribution in [-0.2, 0) is 4.79 Å². The van der Waals surface area contributed by atoms with Crippen molar-refractivity contribution in [2.24, 2.45) is 0 Å². The van der Waals surface area contributed by atoms with E-state index in [0.29, 0.717) is 33.4 Å². The van der Waals surface area contributed by atoms with Gasteiger partial charge in [0.05, 0.1) is 10.8 Å². The lowest BCUT2D eigenvalue weighted by atomic mass is 10.0. The standard InChI is InChI=1S/C23H18FNO4/c1-13-3-9-19-22(27)18-10-6-16(11-20(18)29-23(19)14(13)2)25-21(26)12-28-17-7-4-15(24)5-8-17/h3-11H,12H2,1-2H3,(H,25,26). The molecule has 0 fully saturated rings. The summed E-state index contributed by atoms with van der Waals surface area (Å²) >= 11 is 0. The van der Waals surface area contributed by atoms with E-state index in [0.717, 1.165) is 11.1 Å². The van der Waals surface area contributed by atoms with Gasteiger partial charge >= 0.3 is 0 Å². The summed E-state index contributed by atoms with van der Waals surface area (Å²) in [6.45, 7) is 3.63. The van der Waals surface area contributed by atoms with Gasteiger partial charge in [0.15, 0.2) is 6.61 Å². The van der Waals surface area contributed by atoms with Gasteiger partial charge < -0.3 is 14.5 Å². The average Bonchev–Trinajstić information content (AvgIpc) is 2.71. The number of hydrogen-bond donors (Lipinski definition) is 1. The Kier molecular flexibility index (Phi) is 4.76. The van der Waals surface area contributed by atoms with Crippen molar-refractivity contribution in [3.63, 3.8) is 0 Å². The fourth-order valence-corrected chi connectivity index (χ4v) is 3.10. The molecule has 5 nitrogen and oxygen atoms in total. The molecule has 6 heteroatoms. The van der Waals surface area contributed by atoms with Gasteiger partial charge in [-0.3, -0.25) is 9.59 Å². The molecule has 0 aliphatic rings. The van der Waals surface area contributed by atoms with Crippen LogP contribution in [-0.4, -0.2) is 12.5 Å². The van der Waals surface area contributed by atoms with Crippen molar-refractivity contribution in [2.45, 2.75) is 13.8 Å². The summed E-state index contributed by atoms with van der Waals surface area (Å²) in [7, 11) is 0. The molecule has 0 unspecified atom stereocenters. The topological polar surface area (TPSA) is 68.5 Å². The van der Waals surface area contributed by atoms with Crippen LogP contribution in [0.3, 0.4) is 0 Å². The van der Waals surface area contributed by atoms with E-state index in [-0.39, 0.29) is 23.8 Å². The van der Waals surface area contributed by atoms with Gasteiger partial charge in [-0.25, -0.2) is 4.39 Å². The minimum atomic E-state index is -0.385. The Hall–Kier alpha value is -3.67. The van der Waals surface area contributed by atoms with Crippen LogP contribution in [0.15, 0.2) is 63.8 Å². The van der Waals surface area contributed by atoms with Crippen molar-refractivity contribution in [3.05, 3.63) is 81.8 Å². The van der Waals surface area contributed by atoms with Gasteiger partial charge in [0.1, 0.15) is 22.7 Å². The lowest BCUT2D eigenvalue weighted by Gasteiger charge is -2.09. The molecule has 0 saturated carbocycles. The van der Waals surface area contributed by atoms with Gasteiger partial charge in [0.2, 0.25) is 5.43 Å². The molecule has 0 aliphatic heterocycles. The van der Waals surface area contributed by atoms with Crippen LogP contribution in [0.1, 0.15) is 11.1 Å². The number of anilines is 1. The number of rotatable bonds is 4. The van der Waals surface area contributed by atoms with E-state index in [1.165, 1.54) is 24.3 Å². The van der Waals surface area contributed by atoms with Crippen LogP contribution in [0.4, 0.5) is 10.1 Å². The lowest BCUT2D eigenvalue weighted by molar-refractivity contribution is -0.118. The Labute approximate surface area is 165 Å². The maximum absolute atomic E-state index is 12.9. The molecular weight excluding hydrogens is 373 g/mol. The first-order valence-electron chi connectivity index (χ1n) is 9.07. The number of carbonyl (C=O) groups excluding carboxylic acids is 1. The van der Waals surface area contributed by atoms with Crippen molar-refractivity contribution < 1.29 is 18.3 Å². The predicted octanol–water partition coefficient (Wildman–Crippen LogP) is 4.72. The second-order valence-electron chi connectivity index (χ2n) is 6.82. The van der Waals surface area contributed by atoms with Crippen LogP contribution >= 0.6 is 0 Å². The van der Waals surface area contributed by atoms with Crippen molar-refractivity contribution in [2.75, 3.05) is 11.9 Å². The van der Waals surface area contributed by atoms with Crippen LogP contribution in [0, 0.1) is 19.7 Å². The van der Waals surface area contributed by atoms with Crippen molar-refractivity contribution in [3.8, 4) is 5.75 Å². The largest absolute Gasteiger partial charge is 0.484 e. The number of fused-ring (bicyclic) bond motifs is 2. The number of ether oxygens (including phenoxy) is 1. The number of hydrogen-bond acceptors (Lipinski definition) is 4. The van der Waals surface area contributed by atoms with Gasteiger partial charge in [-0.2, -0.15) is 0 Å². The maximum atomic E-state index is 12.9. The zero-order valence-corrected chi connectivity index (χ0v) is 15.9. The number of benzene rings is 3. The van der Waals surface area contributed by atoms with Crippen molar-refractivity contribution in [1.29, 1.82) is 0 Å². The molecule has 0 aliphatic carbocycles. The van der Waals surface area contributed by atoms with Crippen molar-refractivity contribution >= 4 is 33.5 Å². The molecule has 1 amide bonds. The monoisotopic (exact) mass is 391 g/mol. The molecule has 146 valence electrons. The summed E-state index contributed by atoms with van der Waals surface area (Å²) in [6, 6.07) is 14.0. The summed E-state index contributed by atoms with van der Waals surface area (Å²) in [5.41, 5.74) is 3.25. The quantitative estimate of drug-likeness (QED) is 0.511. The van der Waals surface area contributed by atoms with E-state index in [2.05, 4.69) is 5.32 Å². The maximum Gasteiger partial charge on any atom is 0.262 e. The minimum Gasteiger partial charge on any atom is -0.484 e. The Morgan fingerprint density at radius 3 is 2.52 bits per heavy atom. The van der Waals surface area contributed by atoms with Gasteiger partial charge in [-0.15, -0.1) is 0 Å². The highest BCUT2D eigenvalue weighted by molar-refractivity contribution is 5.96. The molecule has 1 N–H and O–H groups in total. The molecule has 0 spiro atoms. The van der Waals surface area contributed by atoms with Gasteiger partial charge in [-0.1, -0.05) is 6.07 Å². The van der Waals surface area contributed by atoms with E-state index in [1.54, 1.807) is 24.3 Å². The highest BCUT2D eigenvalue weighted by atomic mass is 19.1. The predicted molar refractivity (Wildman–Crippen MR) is 110 cm³/mol. The normalized spacial score (nSPS) is 11.0. The lowest BCUT2D eigenvalue weighted by Crippen LogP contribution is -2.20. The third kappa shape index (κ3) is 3.69. The molecule has 4 rings (SSSR count). The molecule has 1 aromatic heterocycles. The summed E-state index contributed by atoms with van der Waals surface area (Å²) in [5.74, 6) is -0.371. The molecule has 0 atom stereocenters. The first-order chi connectivity index (χ1) is 13.9. The zero-order chi connectivity index (χ0) is 20.5. The van der Waals surface area contributed by atoms with Gasteiger partial charge in [-0.05, 0) is 67.4 Å². The third-order valence-electron chi connectivity index (χ3n) is 4.83. The Balaban J connectivity index is 1.58. The van der Waals surface area contributed by atoms with Gasteiger partial charge in [0.25, 0.3) is 5.91 Å². The highest BCUT2D eigenvalue weighted by Gasteiger charge is 2.12. The molecule has 3 aromatic carbocycles. The molecule has 0 radical (unpaired) electrons. The van der Waals surface area contributed by atoms with Crippen LogP contribution in [0.25, 0.3) is 21.9 Å². The molecule has 29 heavy (non-hydrogen) atoms. The number of nitrogens with one attached hydrogen (secondary N) is 1. The zero-order valence-electron chi connectivity index (χ0n) is 15.9. The van der Waals surface area contributed by atoms with E-state index in [9.17, 15) is 14.0 Å². The smallest absolute Gasteiger partial charge is 0.262 e. The number of halogens is 1. The van der Waals surface area contributed by atoms with E-state index < -0.39 is 0 Å². The molecular formula is C23H18FNO4. The van der Waals surface area contributed by atoms with E-state index in [4.69, 9.17) is 9.15 Å². The average molecular weight is 391 g/mol. The summed E-state index contributed by atoms with van der Waals surface area (Å²) < 4.78 is 24.2. The Morgan fingerprint density at radius 2 is 1.76 bits per heavy atom. The Bertz CT molecular complexity index is 1290. The SMILES string of the molecule is Cc1ccc2c(=O)c3ccc(NC(=O)COc4ccc(F)cc4)cc3oc2c1C. The molecule has 4 aromatic rings. The fraction of sp³-hybridized carbons (Fsp3) is 0.130. The Morgan fingerprint density at radius 1 is 1.03 bits per heavy atom.